The molecule has 2 aromatic heterocycles. The highest BCUT2D eigenvalue weighted by molar-refractivity contribution is 5.95. The quantitative estimate of drug-likeness (QED) is 0.639. The molecule has 0 saturated carbocycles. The van der Waals surface area contributed by atoms with Gasteiger partial charge in [-0.1, -0.05) is 0 Å². The second kappa shape index (κ2) is 3.14. The number of hydrogen-bond acceptors (Lipinski definition) is 3. The van der Waals surface area contributed by atoms with Gasteiger partial charge in [0.15, 0.2) is 5.65 Å². The Morgan fingerprint density at radius 3 is 3.00 bits per heavy atom. The van der Waals surface area contributed by atoms with E-state index >= 15 is 0 Å². The van der Waals surface area contributed by atoms with Gasteiger partial charge in [-0.3, -0.25) is 0 Å². The van der Waals surface area contributed by atoms with Crippen molar-refractivity contribution in [2.24, 2.45) is 0 Å². The number of carbonyl (C=O) groups excluding carboxylic acids is 1. The van der Waals surface area contributed by atoms with Crippen molar-refractivity contribution in [3.8, 4) is 0 Å². The highest BCUT2D eigenvalue weighted by Crippen LogP contribution is 2.12. The second-order valence-electron chi connectivity index (χ2n) is 3.00. The molecule has 2 aromatic rings. The van der Waals surface area contributed by atoms with Crippen molar-refractivity contribution < 1.29 is 9.53 Å². The van der Waals surface area contributed by atoms with Gasteiger partial charge in [-0.25, -0.2) is 9.78 Å². The number of aryl methyl sites for hydroxylation is 1. The average Bonchev–Trinajstić information content (AvgIpc) is 2.67. The summed E-state index contributed by atoms with van der Waals surface area (Å²) in [6.07, 6.45) is 3.48. The van der Waals surface area contributed by atoms with Crippen LogP contribution in [0.25, 0.3) is 5.65 Å². The van der Waals surface area contributed by atoms with Crippen LogP contribution in [0.3, 0.4) is 0 Å². The molecule has 0 bridgehead atoms. The van der Waals surface area contributed by atoms with E-state index in [1.165, 1.54) is 7.11 Å². The summed E-state index contributed by atoms with van der Waals surface area (Å²) in [4.78, 5) is 15.5. The fourth-order valence-electron chi connectivity index (χ4n) is 1.42. The molecule has 0 aromatic carbocycles. The normalized spacial score (nSPS) is 10.4. The van der Waals surface area contributed by atoms with E-state index in [-0.39, 0.29) is 5.97 Å². The monoisotopic (exact) mass is 190 g/mol. The van der Waals surface area contributed by atoms with E-state index in [0.717, 1.165) is 5.69 Å². The first-order valence-corrected chi connectivity index (χ1v) is 4.25. The first kappa shape index (κ1) is 8.74. The van der Waals surface area contributed by atoms with Crippen molar-refractivity contribution >= 4 is 11.6 Å². The highest BCUT2D eigenvalue weighted by Gasteiger charge is 2.12. The van der Waals surface area contributed by atoms with Gasteiger partial charge in [0.05, 0.1) is 7.11 Å². The number of pyridine rings is 1. The summed E-state index contributed by atoms with van der Waals surface area (Å²) in [6.45, 7) is 1.95. The third-order valence-corrected chi connectivity index (χ3v) is 2.16. The minimum atomic E-state index is -0.360. The molecule has 0 aliphatic heterocycles. The summed E-state index contributed by atoms with van der Waals surface area (Å²) < 4.78 is 6.51. The molecule has 4 heteroatoms. The molecule has 4 nitrogen and oxygen atoms in total. The number of hydrogen-bond donors (Lipinski definition) is 0. The molecule has 0 aliphatic carbocycles. The van der Waals surface area contributed by atoms with Crippen molar-refractivity contribution in [1.29, 1.82) is 0 Å². The molecule has 2 rings (SSSR count). The van der Waals surface area contributed by atoms with Gasteiger partial charge in [0.2, 0.25) is 0 Å². The van der Waals surface area contributed by atoms with E-state index in [0.29, 0.717) is 11.2 Å². The van der Waals surface area contributed by atoms with Crippen molar-refractivity contribution in [2.75, 3.05) is 7.11 Å². The third kappa shape index (κ3) is 1.16. The molecular weight excluding hydrogens is 180 g/mol. The van der Waals surface area contributed by atoms with Crippen LogP contribution in [0.5, 0.6) is 0 Å². The predicted octanol–water partition coefficient (Wildman–Crippen LogP) is 1.43. The lowest BCUT2D eigenvalue weighted by molar-refractivity contribution is 0.0602. The molecule has 72 valence electrons. The Kier molecular flexibility index (Phi) is 1.96. The fourth-order valence-corrected chi connectivity index (χ4v) is 1.42. The van der Waals surface area contributed by atoms with Crippen molar-refractivity contribution in [3.63, 3.8) is 0 Å². The lowest BCUT2D eigenvalue weighted by atomic mass is 10.2. The Bertz CT molecular complexity index is 488. The third-order valence-electron chi connectivity index (χ3n) is 2.16. The van der Waals surface area contributed by atoms with E-state index in [1.54, 1.807) is 12.3 Å². The first-order valence-electron chi connectivity index (χ1n) is 4.25. The standard InChI is InChI=1S/C10H10N2O2/c1-7-3-4-8(10(13)14-2)9-11-5-6-12(7)9/h3-6H,1-2H3. The molecule has 2 heterocycles. The Hall–Kier alpha value is -1.84. The lowest BCUT2D eigenvalue weighted by Gasteiger charge is -2.03. The Labute approximate surface area is 81.1 Å². The van der Waals surface area contributed by atoms with Crippen molar-refractivity contribution in [3.05, 3.63) is 35.8 Å². The number of rotatable bonds is 1. The molecule has 0 fully saturated rings. The van der Waals surface area contributed by atoms with Crippen LogP contribution in [0.15, 0.2) is 24.5 Å². The van der Waals surface area contributed by atoms with Gasteiger partial charge in [-0.2, -0.15) is 0 Å². The van der Waals surface area contributed by atoms with Crippen LogP contribution in [0, 0.1) is 6.92 Å². The number of ether oxygens (including phenoxy) is 1. The molecule has 0 spiro atoms. The number of nitrogens with zero attached hydrogens (tertiary/aromatic N) is 2. The number of aromatic nitrogens is 2. The van der Waals surface area contributed by atoms with Crippen LogP contribution < -0.4 is 0 Å². The Balaban J connectivity index is 2.72. The fraction of sp³-hybridized carbons (Fsp3) is 0.200. The number of methoxy groups -OCH3 is 1. The molecule has 0 radical (unpaired) electrons. The van der Waals surface area contributed by atoms with Crippen molar-refractivity contribution in [1.82, 2.24) is 9.38 Å². The molecular formula is C10H10N2O2. The van der Waals surface area contributed by atoms with Crippen LogP contribution in [0.1, 0.15) is 16.1 Å². The Morgan fingerprint density at radius 1 is 1.50 bits per heavy atom. The minimum Gasteiger partial charge on any atom is -0.465 e. The predicted molar refractivity (Wildman–Crippen MR) is 51.3 cm³/mol. The summed E-state index contributed by atoms with van der Waals surface area (Å²) in [7, 11) is 1.36. The van der Waals surface area contributed by atoms with Gasteiger partial charge in [0.25, 0.3) is 0 Å². The smallest absolute Gasteiger partial charge is 0.341 e. The average molecular weight is 190 g/mol. The topological polar surface area (TPSA) is 43.6 Å². The van der Waals surface area contributed by atoms with Crippen LogP contribution >= 0.6 is 0 Å². The molecule has 0 saturated heterocycles. The van der Waals surface area contributed by atoms with E-state index in [1.807, 2.05) is 23.6 Å². The van der Waals surface area contributed by atoms with Crippen molar-refractivity contribution in [2.45, 2.75) is 6.92 Å². The number of fused-ring (bicyclic) bond motifs is 1. The van der Waals surface area contributed by atoms with E-state index in [4.69, 9.17) is 0 Å². The SMILES string of the molecule is COC(=O)c1ccc(C)n2ccnc12. The summed E-state index contributed by atoms with van der Waals surface area (Å²) in [5.41, 5.74) is 2.16. The van der Waals surface area contributed by atoms with Gasteiger partial charge in [0.1, 0.15) is 5.56 Å². The maximum absolute atomic E-state index is 11.4. The number of imidazole rings is 1. The molecule has 14 heavy (non-hydrogen) atoms. The Morgan fingerprint density at radius 2 is 2.29 bits per heavy atom. The van der Waals surface area contributed by atoms with Gasteiger partial charge in [-0.15, -0.1) is 0 Å². The number of carbonyl (C=O) groups is 1. The molecule has 0 atom stereocenters. The first-order chi connectivity index (χ1) is 6.74. The zero-order valence-corrected chi connectivity index (χ0v) is 8.02. The summed E-state index contributed by atoms with van der Waals surface area (Å²) in [5.74, 6) is -0.360. The van der Waals surface area contributed by atoms with E-state index in [9.17, 15) is 4.79 Å². The maximum atomic E-state index is 11.4. The molecule has 0 N–H and O–H groups in total. The van der Waals surface area contributed by atoms with Gasteiger partial charge in [0, 0.05) is 18.1 Å². The lowest BCUT2D eigenvalue weighted by Crippen LogP contribution is -2.05. The van der Waals surface area contributed by atoms with E-state index in [2.05, 4.69) is 9.72 Å². The summed E-state index contributed by atoms with van der Waals surface area (Å²) in [6, 6.07) is 3.59. The van der Waals surface area contributed by atoms with Crippen LogP contribution in [0.2, 0.25) is 0 Å². The van der Waals surface area contributed by atoms with Gasteiger partial charge in [-0.05, 0) is 19.1 Å². The van der Waals surface area contributed by atoms with Crippen LogP contribution in [-0.4, -0.2) is 22.5 Å². The molecule has 0 amide bonds. The maximum Gasteiger partial charge on any atom is 0.341 e. The second-order valence-corrected chi connectivity index (χ2v) is 3.00. The summed E-state index contributed by atoms with van der Waals surface area (Å²) >= 11 is 0. The largest absolute Gasteiger partial charge is 0.465 e. The minimum absolute atomic E-state index is 0.360. The highest BCUT2D eigenvalue weighted by atomic mass is 16.5. The van der Waals surface area contributed by atoms with Crippen LogP contribution in [-0.2, 0) is 4.74 Å². The summed E-state index contributed by atoms with van der Waals surface area (Å²) in [5, 5.41) is 0. The zero-order chi connectivity index (χ0) is 10.1. The molecule has 0 unspecified atom stereocenters. The van der Waals surface area contributed by atoms with Gasteiger partial charge < -0.3 is 9.14 Å². The molecule has 0 aliphatic rings. The van der Waals surface area contributed by atoms with Crippen LogP contribution in [0.4, 0.5) is 0 Å². The van der Waals surface area contributed by atoms with E-state index < -0.39 is 0 Å². The zero-order valence-electron chi connectivity index (χ0n) is 8.02. The van der Waals surface area contributed by atoms with Gasteiger partial charge >= 0.3 is 5.97 Å². The number of esters is 1.